The zero-order valence-corrected chi connectivity index (χ0v) is 11.3. The smallest absolute Gasteiger partial charge is 0.319 e. The summed E-state index contributed by atoms with van der Waals surface area (Å²) in [5.41, 5.74) is 0.631. The average molecular weight is 288 g/mol. The molecule has 0 saturated carbocycles. The summed E-state index contributed by atoms with van der Waals surface area (Å²) < 4.78 is 0. The molecule has 0 spiro atoms. The monoisotopic (exact) mass is 287 g/mol. The summed E-state index contributed by atoms with van der Waals surface area (Å²) in [5.74, 6) is 0.518. The van der Waals surface area contributed by atoms with E-state index in [1.54, 1.807) is 18.2 Å². The number of amides is 2. The first-order valence-electron chi connectivity index (χ1n) is 5.86. The number of carbonyl (C=O) groups excluding carboxylic acids is 1. The normalized spacial score (nSPS) is 18.7. The lowest BCUT2D eigenvalue weighted by Crippen LogP contribution is -2.33. The molecule has 0 aliphatic carbocycles. The molecule has 1 unspecified atom stereocenters. The minimum atomic E-state index is -0.222. The summed E-state index contributed by atoms with van der Waals surface area (Å²) in [5, 5.41) is 9.71. The van der Waals surface area contributed by atoms with Gasteiger partial charge in [-0.15, -0.1) is 0 Å². The van der Waals surface area contributed by atoms with Crippen LogP contribution in [-0.2, 0) is 0 Å². The van der Waals surface area contributed by atoms with E-state index in [4.69, 9.17) is 23.2 Å². The Morgan fingerprint density at radius 3 is 2.89 bits per heavy atom. The number of hydrogen-bond acceptors (Lipinski definition) is 2. The SMILES string of the molecule is O=C(NCC1CCNC1)Nc1ccc(Cl)c(Cl)c1. The van der Waals surface area contributed by atoms with Crippen LogP contribution in [0.5, 0.6) is 0 Å². The lowest BCUT2D eigenvalue weighted by Gasteiger charge is -2.11. The van der Waals surface area contributed by atoms with Gasteiger partial charge < -0.3 is 16.0 Å². The van der Waals surface area contributed by atoms with Crippen LogP contribution in [-0.4, -0.2) is 25.7 Å². The second-order valence-electron chi connectivity index (χ2n) is 4.32. The maximum Gasteiger partial charge on any atom is 0.319 e. The summed E-state index contributed by atoms with van der Waals surface area (Å²) >= 11 is 11.7. The minimum absolute atomic E-state index is 0.222. The number of rotatable bonds is 3. The van der Waals surface area contributed by atoms with Crippen LogP contribution in [0.3, 0.4) is 0 Å². The van der Waals surface area contributed by atoms with E-state index >= 15 is 0 Å². The maximum absolute atomic E-state index is 11.6. The van der Waals surface area contributed by atoms with E-state index in [1.165, 1.54) is 0 Å². The Morgan fingerprint density at radius 2 is 2.22 bits per heavy atom. The number of carbonyl (C=O) groups is 1. The first-order chi connectivity index (χ1) is 8.65. The van der Waals surface area contributed by atoms with Crippen molar-refractivity contribution in [3.63, 3.8) is 0 Å². The molecule has 1 atom stereocenters. The van der Waals surface area contributed by atoms with E-state index in [1.807, 2.05) is 0 Å². The number of benzene rings is 1. The van der Waals surface area contributed by atoms with Crippen LogP contribution in [0, 0.1) is 5.92 Å². The van der Waals surface area contributed by atoms with Gasteiger partial charge in [0.15, 0.2) is 0 Å². The van der Waals surface area contributed by atoms with Gasteiger partial charge in [0.1, 0.15) is 0 Å². The predicted molar refractivity (Wildman–Crippen MR) is 74.5 cm³/mol. The second kappa shape index (κ2) is 6.27. The van der Waals surface area contributed by atoms with E-state index in [9.17, 15) is 4.79 Å². The van der Waals surface area contributed by atoms with Crippen molar-refractivity contribution in [2.24, 2.45) is 5.92 Å². The minimum Gasteiger partial charge on any atom is -0.338 e. The second-order valence-corrected chi connectivity index (χ2v) is 5.14. The van der Waals surface area contributed by atoms with E-state index in [2.05, 4.69) is 16.0 Å². The van der Waals surface area contributed by atoms with E-state index in [0.29, 0.717) is 28.2 Å². The summed E-state index contributed by atoms with van der Waals surface area (Å²) in [6, 6.07) is 4.77. The van der Waals surface area contributed by atoms with Crippen molar-refractivity contribution < 1.29 is 4.79 Å². The highest BCUT2D eigenvalue weighted by molar-refractivity contribution is 6.42. The van der Waals surface area contributed by atoms with Crippen molar-refractivity contribution in [3.8, 4) is 0 Å². The fourth-order valence-corrected chi connectivity index (χ4v) is 2.17. The molecule has 1 saturated heterocycles. The molecule has 1 fully saturated rings. The first-order valence-corrected chi connectivity index (χ1v) is 6.61. The number of nitrogens with one attached hydrogen (secondary N) is 3. The van der Waals surface area contributed by atoms with Crippen LogP contribution in [0.25, 0.3) is 0 Å². The first kappa shape index (κ1) is 13.5. The van der Waals surface area contributed by atoms with Crippen molar-refractivity contribution in [2.75, 3.05) is 25.0 Å². The number of halogens is 2. The third kappa shape index (κ3) is 3.77. The quantitative estimate of drug-likeness (QED) is 0.801. The number of urea groups is 1. The molecule has 0 aromatic heterocycles. The van der Waals surface area contributed by atoms with Gasteiger partial charge in [0.25, 0.3) is 0 Å². The fraction of sp³-hybridized carbons (Fsp3) is 0.417. The molecule has 0 radical (unpaired) electrons. The largest absolute Gasteiger partial charge is 0.338 e. The van der Waals surface area contributed by atoms with Crippen LogP contribution < -0.4 is 16.0 Å². The van der Waals surface area contributed by atoms with Gasteiger partial charge >= 0.3 is 6.03 Å². The molecule has 2 amide bonds. The summed E-state index contributed by atoms with van der Waals surface area (Å²) in [7, 11) is 0. The molecule has 2 rings (SSSR count). The van der Waals surface area contributed by atoms with Crippen LogP contribution in [0.2, 0.25) is 10.0 Å². The summed E-state index contributed by atoms with van der Waals surface area (Å²) in [6.07, 6.45) is 1.10. The highest BCUT2D eigenvalue weighted by atomic mass is 35.5. The summed E-state index contributed by atoms with van der Waals surface area (Å²) in [4.78, 5) is 11.6. The van der Waals surface area contributed by atoms with Crippen molar-refractivity contribution >= 4 is 34.9 Å². The molecule has 1 aromatic rings. The average Bonchev–Trinajstić information content (AvgIpc) is 2.84. The van der Waals surface area contributed by atoms with E-state index in [0.717, 1.165) is 19.5 Å². The van der Waals surface area contributed by atoms with Crippen molar-refractivity contribution in [1.82, 2.24) is 10.6 Å². The van der Waals surface area contributed by atoms with Gasteiger partial charge in [-0.25, -0.2) is 4.79 Å². The predicted octanol–water partition coefficient (Wildman–Crippen LogP) is 2.72. The van der Waals surface area contributed by atoms with Gasteiger partial charge in [-0.05, 0) is 43.6 Å². The fourth-order valence-electron chi connectivity index (χ4n) is 1.87. The van der Waals surface area contributed by atoms with Gasteiger partial charge in [0, 0.05) is 12.2 Å². The zero-order chi connectivity index (χ0) is 13.0. The standard InChI is InChI=1S/C12H15Cl2N3O/c13-10-2-1-9(5-11(10)14)17-12(18)16-7-8-3-4-15-6-8/h1-2,5,8,15H,3-4,6-7H2,(H2,16,17,18). The molecular weight excluding hydrogens is 273 g/mol. The third-order valence-corrected chi connectivity index (χ3v) is 3.63. The lowest BCUT2D eigenvalue weighted by atomic mass is 10.1. The molecule has 98 valence electrons. The Morgan fingerprint density at radius 1 is 1.39 bits per heavy atom. The van der Waals surface area contributed by atoms with Gasteiger partial charge in [-0.2, -0.15) is 0 Å². The maximum atomic E-state index is 11.6. The van der Waals surface area contributed by atoms with Crippen LogP contribution in [0.1, 0.15) is 6.42 Å². The Kier molecular flexibility index (Phi) is 4.69. The van der Waals surface area contributed by atoms with E-state index < -0.39 is 0 Å². The Hall–Kier alpha value is -0.970. The Labute approximate surface area is 116 Å². The topological polar surface area (TPSA) is 53.2 Å². The van der Waals surface area contributed by atoms with Crippen molar-refractivity contribution in [2.45, 2.75) is 6.42 Å². The molecule has 4 nitrogen and oxygen atoms in total. The number of hydrogen-bond donors (Lipinski definition) is 3. The zero-order valence-electron chi connectivity index (χ0n) is 9.80. The summed E-state index contributed by atoms with van der Waals surface area (Å²) in [6.45, 7) is 2.67. The lowest BCUT2D eigenvalue weighted by molar-refractivity contribution is 0.250. The molecule has 1 aliphatic rings. The molecule has 1 aliphatic heterocycles. The van der Waals surface area contributed by atoms with Crippen molar-refractivity contribution in [3.05, 3.63) is 28.2 Å². The van der Waals surface area contributed by atoms with Gasteiger partial charge in [0.05, 0.1) is 10.0 Å². The van der Waals surface area contributed by atoms with Crippen LogP contribution in [0.15, 0.2) is 18.2 Å². The van der Waals surface area contributed by atoms with Gasteiger partial charge in [-0.3, -0.25) is 0 Å². The van der Waals surface area contributed by atoms with Crippen LogP contribution >= 0.6 is 23.2 Å². The van der Waals surface area contributed by atoms with E-state index in [-0.39, 0.29) is 6.03 Å². The van der Waals surface area contributed by atoms with Crippen molar-refractivity contribution in [1.29, 1.82) is 0 Å². The molecule has 18 heavy (non-hydrogen) atoms. The highest BCUT2D eigenvalue weighted by Gasteiger charge is 2.15. The van der Waals surface area contributed by atoms with Gasteiger partial charge in [0.2, 0.25) is 0 Å². The Balaban J connectivity index is 1.80. The Bertz CT molecular complexity index is 433. The highest BCUT2D eigenvalue weighted by Crippen LogP contribution is 2.24. The number of anilines is 1. The molecule has 0 bridgehead atoms. The molecule has 1 heterocycles. The third-order valence-electron chi connectivity index (χ3n) is 2.89. The molecule has 3 N–H and O–H groups in total. The molecule has 1 aromatic carbocycles. The molecular formula is C12H15Cl2N3O. The molecule has 6 heteroatoms. The van der Waals surface area contributed by atoms with Crippen LogP contribution in [0.4, 0.5) is 10.5 Å². The van der Waals surface area contributed by atoms with Gasteiger partial charge in [-0.1, -0.05) is 23.2 Å².